The van der Waals surface area contributed by atoms with Gasteiger partial charge in [-0.2, -0.15) is 0 Å². The van der Waals surface area contributed by atoms with Gasteiger partial charge in [-0.3, -0.25) is 4.90 Å². The first-order valence-electron chi connectivity index (χ1n) is 14.9. The summed E-state index contributed by atoms with van der Waals surface area (Å²) in [5.74, 6) is 3.42. The lowest BCUT2D eigenvalue weighted by molar-refractivity contribution is 0.0969. The molecule has 1 aromatic carbocycles. The second kappa shape index (κ2) is 12.3. The summed E-state index contributed by atoms with van der Waals surface area (Å²) in [7, 11) is 0. The van der Waals surface area contributed by atoms with E-state index < -0.39 is 0 Å². The molecule has 3 fully saturated rings. The molecule has 3 heteroatoms. The lowest BCUT2D eigenvalue weighted by Crippen LogP contribution is -2.47. The average Bonchev–Trinajstić information content (AvgIpc) is 3.63. The maximum atomic E-state index is 6.28. The van der Waals surface area contributed by atoms with Crippen molar-refractivity contribution >= 4 is 5.69 Å². The highest BCUT2D eigenvalue weighted by atomic mass is 16.5. The molecule has 3 aliphatic rings. The molecule has 0 N–H and O–H groups in total. The summed E-state index contributed by atoms with van der Waals surface area (Å²) in [6, 6.07) is 7.07. The maximum Gasteiger partial charge on any atom is 0.121 e. The quantitative estimate of drug-likeness (QED) is 0.350. The minimum atomic E-state index is 0.401. The van der Waals surface area contributed by atoms with Crippen LogP contribution in [0.4, 0.5) is 5.69 Å². The van der Waals surface area contributed by atoms with E-state index in [4.69, 9.17) is 4.74 Å². The molecule has 1 unspecified atom stereocenters. The zero-order valence-electron chi connectivity index (χ0n) is 24.5. The molecule has 200 valence electrons. The second-order valence-electron chi connectivity index (χ2n) is 13.2. The first kappa shape index (κ1) is 28.4. The Kier molecular flexibility index (Phi) is 10.0. The molecule has 2 aliphatic carbocycles. The van der Waals surface area contributed by atoms with E-state index in [1.807, 2.05) is 13.8 Å². The van der Waals surface area contributed by atoms with Crippen LogP contribution in [-0.2, 0) is 0 Å². The fourth-order valence-electron chi connectivity index (χ4n) is 6.72. The van der Waals surface area contributed by atoms with Crippen LogP contribution in [0.1, 0.15) is 112 Å². The SMILES string of the molecule is CC.CCC(C)CCOc1ccc(C2CC(C)(C)CC(C)(C)C2)c(N2CCN(CC3CC3)CC2)c1. The molecule has 1 aliphatic heterocycles. The topological polar surface area (TPSA) is 15.7 Å². The highest BCUT2D eigenvalue weighted by molar-refractivity contribution is 5.59. The standard InChI is InChI=1S/C30H50N2O.C2H6/c1-7-23(2)12-17-33-26-10-11-27(25-19-29(3,4)22-30(5,6)20-25)28(18-26)32-15-13-31(14-16-32)21-24-8-9-24;1-2/h10-11,18,23-25H,7-9,12-17,19-22H2,1-6H3;1-2H3. The summed E-state index contributed by atoms with van der Waals surface area (Å²) in [5.41, 5.74) is 3.83. The molecule has 35 heavy (non-hydrogen) atoms. The predicted molar refractivity (Wildman–Crippen MR) is 153 cm³/mol. The van der Waals surface area contributed by atoms with E-state index in [9.17, 15) is 0 Å². The third kappa shape index (κ3) is 8.41. The fourth-order valence-corrected chi connectivity index (χ4v) is 6.72. The minimum Gasteiger partial charge on any atom is -0.494 e. The molecule has 1 atom stereocenters. The van der Waals surface area contributed by atoms with Crippen LogP contribution in [0.25, 0.3) is 0 Å². The molecular formula is C32H56N2O. The van der Waals surface area contributed by atoms with Gasteiger partial charge in [-0.25, -0.2) is 0 Å². The normalized spacial score (nSPS) is 23.4. The van der Waals surface area contributed by atoms with Crippen LogP contribution in [0.3, 0.4) is 0 Å². The van der Waals surface area contributed by atoms with Gasteiger partial charge in [0.15, 0.2) is 0 Å². The summed E-state index contributed by atoms with van der Waals surface area (Å²) in [6.07, 6.45) is 9.17. The van der Waals surface area contributed by atoms with Gasteiger partial charge in [-0.05, 0) is 78.7 Å². The van der Waals surface area contributed by atoms with Gasteiger partial charge < -0.3 is 9.64 Å². The Hall–Kier alpha value is -1.22. The molecule has 1 saturated heterocycles. The van der Waals surface area contributed by atoms with Crippen molar-refractivity contribution in [3.8, 4) is 5.75 Å². The molecule has 1 aromatic rings. The van der Waals surface area contributed by atoms with Gasteiger partial charge in [0.1, 0.15) is 5.75 Å². The van der Waals surface area contributed by atoms with Crippen LogP contribution in [0.5, 0.6) is 5.75 Å². The largest absolute Gasteiger partial charge is 0.494 e. The van der Waals surface area contributed by atoms with Crippen molar-refractivity contribution in [1.82, 2.24) is 4.90 Å². The fraction of sp³-hybridized carbons (Fsp3) is 0.812. The minimum absolute atomic E-state index is 0.401. The number of hydrogen-bond donors (Lipinski definition) is 0. The van der Waals surface area contributed by atoms with Crippen molar-refractivity contribution in [2.24, 2.45) is 22.7 Å². The molecular weight excluding hydrogens is 428 g/mol. The Morgan fingerprint density at radius 2 is 1.60 bits per heavy atom. The molecule has 0 radical (unpaired) electrons. The summed E-state index contributed by atoms with van der Waals surface area (Å²) >= 11 is 0. The van der Waals surface area contributed by atoms with Crippen LogP contribution in [-0.4, -0.2) is 44.2 Å². The maximum absolute atomic E-state index is 6.28. The van der Waals surface area contributed by atoms with E-state index in [1.165, 1.54) is 63.8 Å². The van der Waals surface area contributed by atoms with Crippen LogP contribution < -0.4 is 9.64 Å². The van der Waals surface area contributed by atoms with E-state index in [0.29, 0.717) is 16.7 Å². The van der Waals surface area contributed by atoms with E-state index in [2.05, 4.69) is 69.5 Å². The van der Waals surface area contributed by atoms with Gasteiger partial charge in [0, 0.05) is 44.5 Å². The monoisotopic (exact) mass is 484 g/mol. The lowest BCUT2D eigenvalue weighted by Gasteiger charge is -2.46. The summed E-state index contributed by atoms with van der Waals surface area (Å²) in [5, 5.41) is 0. The lowest BCUT2D eigenvalue weighted by atomic mass is 9.60. The van der Waals surface area contributed by atoms with Gasteiger partial charge in [-0.1, -0.05) is 67.9 Å². The number of nitrogens with zero attached hydrogens (tertiary/aromatic N) is 2. The van der Waals surface area contributed by atoms with Crippen molar-refractivity contribution in [2.45, 2.75) is 106 Å². The van der Waals surface area contributed by atoms with Gasteiger partial charge in [-0.15, -0.1) is 0 Å². The molecule has 1 heterocycles. The highest BCUT2D eigenvalue weighted by Gasteiger charge is 2.40. The molecule has 0 bridgehead atoms. The Bertz CT molecular complexity index is 758. The van der Waals surface area contributed by atoms with Crippen LogP contribution in [0.2, 0.25) is 0 Å². The number of rotatable bonds is 9. The van der Waals surface area contributed by atoms with Crippen molar-refractivity contribution < 1.29 is 4.74 Å². The number of hydrogen-bond acceptors (Lipinski definition) is 3. The van der Waals surface area contributed by atoms with E-state index >= 15 is 0 Å². The van der Waals surface area contributed by atoms with E-state index in [1.54, 1.807) is 5.56 Å². The molecule has 3 nitrogen and oxygen atoms in total. The Morgan fingerprint density at radius 1 is 0.971 bits per heavy atom. The first-order chi connectivity index (χ1) is 16.6. The van der Waals surface area contributed by atoms with Crippen molar-refractivity contribution in [3.63, 3.8) is 0 Å². The Balaban J connectivity index is 0.00000167. The smallest absolute Gasteiger partial charge is 0.121 e. The summed E-state index contributed by atoms with van der Waals surface area (Å²) in [6.45, 7) is 25.4. The van der Waals surface area contributed by atoms with Crippen LogP contribution in [0, 0.1) is 22.7 Å². The molecule has 0 aromatic heterocycles. The van der Waals surface area contributed by atoms with Gasteiger partial charge in [0.05, 0.1) is 6.61 Å². The third-order valence-electron chi connectivity index (χ3n) is 8.50. The van der Waals surface area contributed by atoms with E-state index in [0.717, 1.165) is 43.7 Å². The first-order valence-corrected chi connectivity index (χ1v) is 14.9. The number of benzene rings is 1. The number of anilines is 1. The second-order valence-corrected chi connectivity index (χ2v) is 13.2. The Labute approximate surface area is 218 Å². The number of piperazine rings is 1. The van der Waals surface area contributed by atoms with Gasteiger partial charge >= 0.3 is 0 Å². The van der Waals surface area contributed by atoms with Crippen LogP contribution in [0.15, 0.2) is 18.2 Å². The zero-order valence-corrected chi connectivity index (χ0v) is 24.5. The molecule has 4 rings (SSSR count). The van der Waals surface area contributed by atoms with E-state index in [-0.39, 0.29) is 0 Å². The predicted octanol–water partition coefficient (Wildman–Crippen LogP) is 8.38. The molecule has 2 saturated carbocycles. The van der Waals surface area contributed by atoms with Crippen molar-refractivity contribution in [3.05, 3.63) is 23.8 Å². The Morgan fingerprint density at radius 3 is 2.17 bits per heavy atom. The highest BCUT2D eigenvalue weighted by Crippen LogP contribution is 2.53. The number of ether oxygens (including phenoxy) is 1. The zero-order chi connectivity index (χ0) is 25.6. The molecule has 0 spiro atoms. The van der Waals surface area contributed by atoms with Gasteiger partial charge in [0.2, 0.25) is 0 Å². The third-order valence-corrected chi connectivity index (χ3v) is 8.50. The van der Waals surface area contributed by atoms with Crippen molar-refractivity contribution in [1.29, 1.82) is 0 Å². The summed E-state index contributed by atoms with van der Waals surface area (Å²) in [4.78, 5) is 5.38. The van der Waals surface area contributed by atoms with Gasteiger partial charge in [0.25, 0.3) is 0 Å². The average molecular weight is 485 g/mol. The van der Waals surface area contributed by atoms with Crippen LogP contribution >= 0.6 is 0 Å². The summed E-state index contributed by atoms with van der Waals surface area (Å²) < 4.78 is 6.28. The van der Waals surface area contributed by atoms with Crippen molar-refractivity contribution in [2.75, 3.05) is 44.2 Å². The molecule has 0 amide bonds.